The van der Waals surface area contributed by atoms with Gasteiger partial charge in [-0.25, -0.2) is 18.4 Å². The third-order valence-corrected chi connectivity index (χ3v) is 12.3. The highest BCUT2D eigenvalue weighted by Gasteiger charge is 2.45. The van der Waals surface area contributed by atoms with Crippen molar-refractivity contribution in [2.75, 3.05) is 6.54 Å². The molecule has 3 N–H and O–H groups in total. The first-order valence-corrected chi connectivity index (χ1v) is 20.4. The fraction of sp³-hybridized carbons (Fsp3) is 0.425. The summed E-state index contributed by atoms with van der Waals surface area (Å²) in [5, 5.41) is 7.65. The highest BCUT2D eigenvalue weighted by atomic mass is 32.2. The van der Waals surface area contributed by atoms with Gasteiger partial charge in [0, 0.05) is 29.3 Å². The van der Waals surface area contributed by atoms with Gasteiger partial charge >= 0.3 is 0 Å². The van der Waals surface area contributed by atoms with Gasteiger partial charge in [0.15, 0.2) is 0 Å². The number of aromatic nitrogens is 3. The maximum Gasteiger partial charge on any atom is 0.272 e. The maximum atomic E-state index is 14.6. The van der Waals surface area contributed by atoms with Crippen molar-refractivity contribution >= 4 is 55.3 Å². The Kier molecular flexibility index (Phi) is 11.1. The first-order valence-electron chi connectivity index (χ1n) is 18.8. The van der Waals surface area contributed by atoms with E-state index in [2.05, 4.69) is 25.3 Å². The van der Waals surface area contributed by atoms with Gasteiger partial charge in [-0.2, -0.15) is 0 Å². The van der Waals surface area contributed by atoms with E-state index < -0.39 is 69.0 Å². The fourth-order valence-corrected chi connectivity index (χ4v) is 8.59. The summed E-state index contributed by atoms with van der Waals surface area (Å²) in [6, 6.07) is 12.0. The normalized spacial score (nSPS) is 24.6. The Morgan fingerprint density at radius 1 is 0.927 bits per heavy atom. The highest BCUT2D eigenvalue weighted by molar-refractivity contribution is 7.90. The number of nitrogens with zero attached hydrogens (tertiary/aromatic N) is 4. The number of rotatable bonds is 7. The number of nitrogens with one attached hydrogen (secondary N) is 3. The number of hydrogen-bond donors (Lipinski definition) is 3. The van der Waals surface area contributed by atoms with Gasteiger partial charge in [0.25, 0.3) is 11.8 Å². The van der Waals surface area contributed by atoms with Crippen molar-refractivity contribution in [1.82, 2.24) is 35.2 Å². The molecule has 0 unspecified atom stereocenters. The smallest absolute Gasteiger partial charge is 0.272 e. The molecule has 2 aromatic heterocycles. The van der Waals surface area contributed by atoms with Crippen molar-refractivity contribution in [1.29, 1.82) is 0 Å². The largest absolute Gasteiger partial charge is 0.472 e. The van der Waals surface area contributed by atoms with Crippen molar-refractivity contribution in [2.24, 2.45) is 5.92 Å². The monoisotopic (exact) mass is 767 g/mol. The minimum Gasteiger partial charge on any atom is -0.472 e. The first-order chi connectivity index (χ1) is 26.5. The number of allylic oxidation sites excluding steroid dienone is 1. The topological polar surface area (TPSA) is 190 Å². The standard InChI is InChI=1S/C40H45N7O7S/c1-24-12-6-4-3-5-7-17-32(43-36(48)33-22-41-25(2)21-42-33)40(51)47-23-26(20-34(47)37(49)45-35(24)38(50)46-55(52,53)27-18-19-27)54-39-30-15-9-8-13-28(30)29-14-10-11-16-31(29)44-39/h6,8-16,21-22,24,26-27,32,34-35H,3-5,7,17-20,23H2,1-2H3,(H,43,48)(H,45,49)(H,46,50)/b12-6-/t24-,26+,32-,34-,35+/m0/s1. The van der Waals surface area contributed by atoms with Crippen molar-refractivity contribution in [3.63, 3.8) is 0 Å². The lowest BCUT2D eigenvalue weighted by molar-refractivity contribution is -0.141. The van der Waals surface area contributed by atoms with Gasteiger partial charge in [-0.05, 0) is 56.5 Å². The number of sulfonamides is 1. The van der Waals surface area contributed by atoms with Crippen LogP contribution in [0, 0.1) is 12.8 Å². The van der Waals surface area contributed by atoms with Crippen LogP contribution in [-0.2, 0) is 24.4 Å². The molecule has 14 nitrogen and oxygen atoms in total. The van der Waals surface area contributed by atoms with Crippen molar-refractivity contribution in [2.45, 2.75) is 94.7 Å². The number of carbonyl (C=O) groups is 4. The summed E-state index contributed by atoms with van der Waals surface area (Å²) in [6.07, 6.45) is 9.92. The Morgan fingerprint density at radius 2 is 1.67 bits per heavy atom. The van der Waals surface area contributed by atoms with E-state index in [1.165, 1.54) is 17.3 Å². The van der Waals surface area contributed by atoms with E-state index in [0.717, 1.165) is 34.5 Å². The maximum absolute atomic E-state index is 14.6. The molecule has 4 amide bonds. The molecule has 4 aromatic rings. The molecule has 4 heterocycles. The van der Waals surface area contributed by atoms with Crippen LogP contribution >= 0.6 is 0 Å². The number of amides is 4. The molecule has 1 aliphatic carbocycles. The van der Waals surface area contributed by atoms with Crippen molar-refractivity contribution in [3.05, 3.63) is 84.5 Å². The molecule has 288 valence electrons. The minimum atomic E-state index is -3.91. The lowest BCUT2D eigenvalue weighted by Gasteiger charge is -2.30. The van der Waals surface area contributed by atoms with Gasteiger partial charge < -0.3 is 20.3 Å². The van der Waals surface area contributed by atoms with Crippen molar-refractivity contribution in [3.8, 4) is 5.88 Å². The van der Waals surface area contributed by atoms with Gasteiger partial charge in [0.05, 0.1) is 29.2 Å². The molecule has 2 aromatic carbocycles. The average molecular weight is 768 g/mol. The molecule has 5 atom stereocenters. The molecule has 55 heavy (non-hydrogen) atoms. The molecule has 2 fully saturated rings. The average Bonchev–Trinajstić information content (AvgIpc) is 3.96. The number of ether oxygens (including phenoxy) is 1. The molecule has 1 saturated carbocycles. The number of benzene rings is 2. The van der Waals surface area contributed by atoms with Crippen LogP contribution in [-0.4, -0.2) is 87.9 Å². The number of para-hydroxylation sites is 1. The minimum absolute atomic E-state index is 0.0150. The molecule has 0 radical (unpaired) electrons. The summed E-state index contributed by atoms with van der Waals surface area (Å²) in [7, 11) is -3.91. The number of aryl methyl sites for hydroxylation is 1. The lowest BCUT2D eigenvalue weighted by atomic mass is 9.99. The third-order valence-electron chi connectivity index (χ3n) is 10.4. The highest BCUT2D eigenvalue weighted by Crippen LogP contribution is 2.33. The van der Waals surface area contributed by atoms with Gasteiger partial charge in [-0.1, -0.05) is 68.3 Å². The molecule has 2 aliphatic heterocycles. The van der Waals surface area contributed by atoms with Crippen LogP contribution in [0.4, 0.5) is 0 Å². The van der Waals surface area contributed by atoms with E-state index in [4.69, 9.17) is 9.72 Å². The summed E-state index contributed by atoms with van der Waals surface area (Å²) < 4.78 is 34.4. The van der Waals surface area contributed by atoms with Gasteiger partial charge in [-0.3, -0.25) is 28.9 Å². The molecule has 0 spiro atoms. The van der Waals surface area contributed by atoms with Crippen molar-refractivity contribution < 1.29 is 32.3 Å². The second-order valence-corrected chi connectivity index (χ2v) is 16.6. The Balaban J connectivity index is 1.22. The number of hydrogen-bond acceptors (Lipinski definition) is 10. The summed E-state index contributed by atoms with van der Waals surface area (Å²) in [5.74, 6) is -2.79. The molecular weight excluding hydrogens is 723 g/mol. The van der Waals surface area contributed by atoms with Crippen LogP contribution in [0.1, 0.15) is 74.5 Å². The third kappa shape index (κ3) is 8.61. The van der Waals surface area contributed by atoms with Crippen LogP contribution in [0.3, 0.4) is 0 Å². The van der Waals surface area contributed by atoms with E-state index >= 15 is 0 Å². The molecule has 1 saturated heterocycles. The summed E-state index contributed by atoms with van der Waals surface area (Å²) in [5.41, 5.74) is 1.40. The summed E-state index contributed by atoms with van der Waals surface area (Å²) in [4.78, 5) is 70.6. The Bertz CT molecular complexity index is 2240. The zero-order valence-corrected chi connectivity index (χ0v) is 31.6. The second kappa shape index (κ2) is 16.1. The Morgan fingerprint density at radius 3 is 2.42 bits per heavy atom. The van der Waals surface area contributed by atoms with Gasteiger partial charge in [-0.15, -0.1) is 0 Å². The molecule has 3 aliphatic rings. The van der Waals surface area contributed by atoms with E-state index in [0.29, 0.717) is 43.7 Å². The SMILES string of the molecule is Cc1cnc(C(=O)N[C@H]2CCCCC/C=C\[C@H](C)[C@H](C(=O)NS(=O)(=O)C3CC3)NC(=O)[C@@H]3C[C@@H](Oc4nc5ccccc5c5ccccc45)CN3C2=O)cn1. The predicted molar refractivity (Wildman–Crippen MR) is 205 cm³/mol. The van der Waals surface area contributed by atoms with Gasteiger partial charge in [0.1, 0.15) is 29.9 Å². The summed E-state index contributed by atoms with van der Waals surface area (Å²) >= 11 is 0. The molecule has 15 heteroatoms. The Hall–Kier alpha value is -5.44. The predicted octanol–water partition coefficient (Wildman–Crippen LogP) is 3.88. The molecule has 7 rings (SSSR count). The Labute approximate surface area is 319 Å². The zero-order chi connectivity index (χ0) is 38.7. The van der Waals surface area contributed by atoms with E-state index in [1.54, 1.807) is 19.9 Å². The number of carbonyl (C=O) groups excluding carboxylic acids is 4. The molecule has 0 bridgehead atoms. The quantitative estimate of drug-likeness (QED) is 0.184. The first kappa shape index (κ1) is 37.9. The van der Waals surface area contributed by atoms with Crippen LogP contribution < -0.4 is 20.1 Å². The number of pyridine rings is 1. The van der Waals surface area contributed by atoms with Crippen LogP contribution in [0.15, 0.2) is 73.1 Å². The summed E-state index contributed by atoms with van der Waals surface area (Å²) in [6.45, 7) is 3.47. The molecular formula is C40H45N7O7S. The second-order valence-electron chi connectivity index (χ2n) is 14.7. The van der Waals surface area contributed by atoms with Crippen LogP contribution in [0.2, 0.25) is 0 Å². The van der Waals surface area contributed by atoms with Crippen LogP contribution in [0.5, 0.6) is 5.88 Å². The number of fused-ring (bicyclic) bond motifs is 4. The van der Waals surface area contributed by atoms with E-state index in [1.807, 2.05) is 54.6 Å². The van der Waals surface area contributed by atoms with E-state index in [-0.39, 0.29) is 18.7 Å². The van der Waals surface area contributed by atoms with Gasteiger partial charge in [0.2, 0.25) is 27.7 Å². The van der Waals surface area contributed by atoms with Crippen LogP contribution in [0.25, 0.3) is 21.7 Å². The lowest BCUT2D eigenvalue weighted by Crippen LogP contribution is -2.58. The fourth-order valence-electron chi connectivity index (χ4n) is 7.26. The van der Waals surface area contributed by atoms with E-state index in [9.17, 15) is 27.6 Å². The zero-order valence-electron chi connectivity index (χ0n) is 30.8.